The molecule has 20 heavy (non-hydrogen) atoms. The van der Waals surface area contributed by atoms with Crippen LogP contribution in [0.3, 0.4) is 0 Å². The van der Waals surface area contributed by atoms with Gasteiger partial charge in [0, 0.05) is 5.92 Å². The van der Waals surface area contributed by atoms with Gasteiger partial charge in [-0.25, -0.2) is 0 Å². The van der Waals surface area contributed by atoms with Crippen LogP contribution in [0.15, 0.2) is 12.2 Å². The highest BCUT2D eigenvalue weighted by Crippen LogP contribution is 2.41. The Labute approximate surface area is 126 Å². The van der Waals surface area contributed by atoms with Gasteiger partial charge in [-0.05, 0) is 82.5 Å². The van der Waals surface area contributed by atoms with Gasteiger partial charge in [0.1, 0.15) is 0 Å². The first-order chi connectivity index (χ1) is 9.83. The zero-order chi connectivity index (χ0) is 14.2. The van der Waals surface area contributed by atoms with Crippen molar-refractivity contribution < 1.29 is 0 Å². The van der Waals surface area contributed by atoms with Crippen LogP contribution in [0.4, 0.5) is 0 Å². The minimum Gasteiger partial charge on any atom is -0.106 e. The van der Waals surface area contributed by atoms with Crippen molar-refractivity contribution in [1.29, 1.82) is 0 Å². The number of allylic oxidation sites excluding steroid dienone is 2. The summed E-state index contributed by atoms with van der Waals surface area (Å²) in [6, 6.07) is 0. The van der Waals surface area contributed by atoms with Crippen LogP contribution in [-0.4, -0.2) is 0 Å². The van der Waals surface area contributed by atoms with Crippen molar-refractivity contribution in [3.63, 3.8) is 0 Å². The van der Waals surface area contributed by atoms with Gasteiger partial charge in [0.05, 0.1) is 0 Å². The van der Waals surface area contributed by atoms with E-state index in [1.54, 1.807) is 0 Å². The highest BCUT2D eigenvalue weighted by Gasteiger charge is 2.29. The fourth-order valence-electron chi connectivity index (χ4n) is 4.20. The highest BCUT2D eigenvalue weighted by atomic mass is 14.3. The molecule has 0 aromatic carbocycles. The third-order valence-corrected chi connectivity index (χ3v) is 5.47. The van der Waals surface area contributed by atoms with Gasteiger partial charge < -0.3 is 0 Å². The molecule has 2 saturated carbocycles. The Balaban J connectivity index is 1.70. The molecule has 0 aliphatic heterocycles. The Hall–Kier alpha value is -0.700. The van der Waals surface area contributed by atoms with E-state index in [2.05, 4.69) is 30.9 Å². The lowest BCUT2D eigenvalue weighted by Gasteiger charge is -2.36. The quantitative estimate of drug-likeness (QED) is 0.436. The predicted molar refractivity (Wildman–Crippen MR) is 88.4 cm³/mol. The Kier molecular flexibility index (Phi) is 6.71. The monoisotopic (exact) mass is 272 g/mol. The van der Waals surface area contributed by atoms with Gasteiger partial charge in [0.15, 0.2) is 0 Å². The summed E-state index contributed by atoms with van der Waals surface area (Å²) in [5, 5.41) is 0. The summed E-state index contributed by atoms with van der Waals surface area (Å²) in [4.78, 5) is 0. The molecule has 0 aromatic rings. The van der Waals surface area contributed by atoms with Gasteiger partial charge in [-0.3, -0.25) is 0 Å². The molecule has 2 aliphatic carbocycles. The van der Waals surface area contributed by atoms with Crippen molar-refractivity contribution in [3.8, 4) is 11.8 Å². The summed E-state index contributed by atoms with van der Waals surface area (Å²) in [7, 11) is 0. The largest absolute Gasteiger partial charge is 0.106 e. The molecule has 0 radical (unpaired) electrons. The first-order valence-corrected chi connectivity index (χ1v) is 8.92. The van der Waals surface area contributed by atoms with Gasteiger partial charge in [-0.2, -0.15) is 0 Å². The summed E-state index contributed by atoms with van der Waals surface area (Å²) < 4.78 is 0. The lowest BCUT2D eigenvalue weighted by Crippen LogP contribution is -2.25. The minimum absolute atomic E-state index is 0.713. The van der Waals surface area contributed by atoms with E-state index >= 15 is 0 Å². The van der Waals surface area contributed by atoms with E-state index < -0.39 is 0 Å². The van der Waals surface area contributed by atoms with Crippen molar-refractivity contribution >= 4 is 0 Å². The van der Waals surface area contributed by atoms with Gasteiger partial charge in [0.2, 0.25) is 0 Å². The molecule has 2 rings (SSSR count). The van der Waals surface area contributed by atoms with Crippen molar-refractivity contribution in [2.45, 2.75) is 78.1 Å². The Morgan fingerprint density at radius 3 is 2.05 bits per heavy atom. The van der Waals surface area contributed by atoms with Gasteiger partial charge in [0.25, 0.3) is 0 Å². The summed E-state index contributed by atoms with van der Waals surface area (Å²) >= 11 is 0. The standard InChI is InChI=1S/C20H32/c1-3-5-6-8-18-11-15-20(16-12-18)19-13-9-17(7-4-2)10-14-19/h6,8,17-20H,3,5,9-16H2,1-2H3/b8-6+/t17-,18?,19-,20?. The predicted octanol–water partition coefficient (Wildman–Crippen LogP) is 5.98. The molecule has 0 unspecified atom stereocenters. The second kappa shape index (κ2) is 8.56. The summed E-state index contributed by atoms with van der Waals surface area (Å²) in [6.07, 6.45) is 18.9. The second-order valence-corrected chi connectivity index (χ2v) is 6.90. The maximum atomic E-state index is 3.38. The van der Waals surface area contributed by atoms with Crippen LogP contribution in [0.2, 0.25) is 0 Å². The SMILES string of the molecule is CC#C[C@H]1CC[C@H](C2CCC(/C=C/CCC)CC2)CC1. The summed E-state index contributed by atoms with van der Waals surface area (Å²) in [6.45, 7) is 4.25. The smallest absolute Gasteiger partial charge is 0.0203 e. The number of rotatable bonds is 4. The van der Waals surface area contributed by atoms with E-state index in [9.17, 15) is 0 Å². The molecule has 2 fully saturated rings. The normalized spacial score (nSPS) is 34.7. The van der Waals surface area contributed by atoms with Crippen LogP contribution in [0.5, 0.6) is 0 Å². The molecule has 0 aromatic heterocycles. The van der Waals surface area contributed by atoms with E-state index in [0.29, 0.717) is 5.92 Å². The second-order valence-electron chi connectivity index (χ2n) is 6.90. The fraction of sp³-hybridized carbons (Fsp3) is 0.800. The van der Waals surface area contributed by atoms with E-state index in [0.717, 1.165) is 17.8 Å². The third kappa shape index (κ3) is 4.69. The zero-order valence-corrected chi connectivity index (χ0v) is 13.5. The van der Waals surface area contributed by atoms with Crippen molar-refractivity contribution in [1.82, 2.24) is 0 Å². The van der Waals surface area contributed by atoms with Gasteiger partial charge >= 0.3 is 0 Å². The van der Waals surface area contributed by atoms with Crippen LogP contribution < -0.4 is 0 Å². The third-order valence-electron chi connectivity index (χ3n) is 5.47. The van der Waals surface area contributed by atoms with Crippen LogP contribution >= 0.6 is 0 Å². The molecule has 0 saturated heterocycles. The molecule has 0 heterocycles. The molecular formula is C20H32. The molecule has 0 atom stereocenters. The number of hydrogen-bond acceptors (Lipinski definition) is 0. The van der Waals surface area contributed by atoms with E-state index in [-0.39, 0.29) is 0 Å². The molecule has 0 N–H and O–H groups in total. The maximum Gasteiger partial charge on any atom is 0.0203 e. The van der Waals surface area contributed by atoms with Crippen molar-refractivity contribution in [2.75, 3.05) is 0 Å². The van der Waals surface area contributed by atoms with Crippen molar-refractivity contribution in [2.24, 2.45) is 23.7 Å². The Morgan fingerprint density at radius 1 is 0.900 bits per heavy atom. The van der Waals surface area contributed by atoms with Crippen LogP contribution in [-0.2, 0) is 0 Å². The summed E-state index contributed by atoms with van der Waals surface area (Å²) in [5.74, 6) is 10.1. The van der Waals surface area contributed by atoms with Crippen LogP contribution in [0, 0.1) is 35.5 Å². The van der Waals surface area contributed by atoms with Crippen molar-refractivity contribution in [3.05, 3.63) is 12.2 Å². The highest BCUT2D eigenvalue weighted by molar-refractivity contribution is 5.02. The van der Waals surface area contributed by atoms with Crippen LogP contribution in [0.1, 0.15) is 78.1 Å². The molecule has 0 heteroatoms. The molecule has 0 spiro atoms. The molecule has 0 amide bonds. The van der Waals surface area contributed by atoms with E-state index in [1.807, 2.05) is 6.92 Å². The fourth-order valence-corrected chi connectivity index (χ4v) is 4.20. The topological polar surface area (TPSA) is 0 Å². The Morgan fingerprint density at radius 2 is 1.50 bits per heavy atom. The Bertz CT molecular complexity index is 338. The van der Waals surface area contributed by atoms with Gasteiger partial charge in [-0.1, -0.05) is 25.5 Å². The summed E-state index contributed by atoms with van der Waals surface area (Å²) in [5.41, 5.74) is 0. The molecule has 0 nitrogen and oxygen atoms in total. The molecule has 2 aliphatic rings. The van der Waals surface area contributed by atoms with E-state index in [4.69, 9.17) is 0 Å². The molecule has 0 bridgehead atoms. The first-order valence-electron chi connectivity index (χ1n) is 8.92. The lowest BCUT2D eigenvalue weighted by atomic mass is 9.69. The zero-order valence-electron chi connectivity index (χ0n) is 13.5. The average Bonchev–Trinajstić information content (AvgIpc) is 2.49. The average molecular weight is 272 g/mol. The van der Waals surface area contributed by atoms with Gasteiger partial charge in [-0.15, -0.1) is 11.8 Å². The van der Waals surface area contributed by atoms with E-state index in [1.165, 1.54) is 64.2 Å². The molecular weight excluding hydrogens is 240 g/mol. The minimum atomic E-state index is 0.713. The number of hydrogen-bond donors (Lipinski definition) is 0. The van der Waals surface area contributed by atoms with Crippen LogP contribution in [0.25, 0.3) is 0 Å². The number of unbranched alkanes of at least 4 members (excludes halogenated alkanes) is 1. The maximum absolute atomic E-state index is 3.38. The lowest BCUT2D eigenvalue weighted by molar-refractivity contribution is 0.168. The first kappa shape index (κ1) is 15.7. The molecule has 112 valence electrons.